The van der Waals surface area contributed by atoms with E-state index in [1.54, 1.807) is 24.3 Å². The summed E-state index contributed by atoms with van der Waals surface area (Å²) in [7, 11) is 0. The average molecular weight is 414 g/mol. The first kappa shape index (κ1) is 17.4. The summed E-state index contributed by atoms with van der Waals surface area (Å²) < 4.78 is 0.778. The molecule has 0 spiro atoms. The van der Waals surface area contributed by atoms with Crippen LogP contribution in [-0.4, -0.2) is 22.1 Å². The van der Waals surface area contributed by atoms with Crippen LogP contribution in [0.4, 0.5) is 5.69 Å². The number of carbonyl (C=O) groups excluding carboxylic acids is 1. The number of benzene rings is 2. The first-order valence-electron chi connectivity index (χ1n) is 6.27. The number of thiocarbonyl (C=S) groups is 1. The summed E-state index contributed by atoms with van der Waals surface area (Å²) in [6.45, 7) is 0. The molecule has 118 valence electrons. The quantitative estimate of drug-likeness (QED) is 0.665. The fourth-order valence-corrected chi connectivity index (χ4v) is 2.60. The summed E-state index contributed by atoms with van der Waals surface area (Å²) in [5, 5.41) is 14.4. The molecule has 0 aliphatic heterocycles. The third kappa shape index (κ3) is 4.75. The molecule has 0 fully saturated rings. The molecule has 1 amide bonds. The van der Waals surface area contributed by atoms with Gasteiger partial charge in [-0.2, -0.15) is 0 Å². The molecule has 2 aromatic rings. The van der Waals surface area contributed by atoms with Gasteiger partial charge in [0, 0.05) is 15.7 Å². The van der Waals surface area contributed by atoms with Crippen molar-refractivity contribution in [2.24, 2.45) is 0 Å². The smallest absolute Gasteiger partial charge is 0.337 e. The Labute approximate surface area is 150 Å². The third-order valence-corrected chi connectivity index (χ3v) is 3.78. The minimum atomic E-state index is -1.12. The minimum Gasteiger partial charge on any atom is -0.478 e. The van der Waals surface area contributed by atoms with Gasteiger partial charge < -0.3 is 10.4 Å². The number of amides is 1. The maximum Gasteiger partial charge on any atom is 0.337 e. The zero-order chi connectivity index (χ0) is 17.0. The number of carboxylic acid groups (broad SMARTS) is 1. The lowest BCUT2D eigenvalue weighted by molar-refractivity contribution is 0.0697. The summed E-state index contributed by atoms with van der Waals surface area (Å²) in [6, 6.07) is 11.1. The van der Waals surface area contributed by atoms with Crippen LogP contribution in [0.2, 0.25) is 5.02 Å². The standard InChI is InChI=1S/C15H10BrClN2O3S/c16-9-3-1-2-8(6-9)13(20)19-15(23)18-10-4-5-11(14(21)22)12(17)7-10/h1-7H,(H,21,22)(H2,18,19,20,23). The van der Waals surface area contributed by atoms with Gasteiger partial charge in [0.05, 0.1) is 10.6 Å². The molecule has 0 saturated carbocycles. The number of carboxylic acids is 1. The fraction of sp³-hybridized carbons (Fsp3) is 0. The van der Waals surface area contributed by atoms with Crippen LogP contribution >= 0.6 is 39.7 Å². The van der Waals surface area contributed by atoms with Gasteiger partial charge in [-0.25, -0.2) is 4.79 Å². The lowest BCUT2D eigenvalue weighted by atomic mass is 10.2. The van der Waals surface area contributed by atoms with Crippen molar-refractivity contribution in [2.75, 3.05) is 5.32 Å². The van der Waals surface area contributed by atoms with Gasteiger partial charge in [0.2, 0.25) is 0 Å². The molecule has 8 heteroatoms. The Morgan fingerprint density at radius 1 is 1.17 bits per heavy atom. The van der Waals surface area contributed by atoms with Gasteiger partial charge in [0.1, 0.15) is 0 Å². The molecule has 2 rings (SSSR count). The summed E-state index contributed by atoms with van der Waals surface area (Å²) in [6.07, 6.45) is 0. The van der Waals surface area contributed by atoms with Gasteiger partial charge in [-0.05, 0) is 48.6 Å². The lowest BCUT2D eigenvalue weighted by Crippen LogP contribution is -2.34. The topological polar surface area (TPSA) is 78.4 Å². The molecular weight excluding hydrogens is 404 g/mol. The van der Waals surface area contributed by atoms with Crippen LogP contribution in [0.25, 0.3) is 0 Å². The number of carbonyl (C=O) groups is 2. The molecule has 0 radical (unpaired) electrons. The first-order chi connectivity index (χ1) is 10.9. The molecule has 2 aromatic carbocycles. The Hall–Kier alpha value is -1.96. The van der Waals surface area contributed by atoms with Crippen LogP contribution < -0.4 is 10.6 Å². The fourth-order valence-electron chi connectivity index (χ4n) is 1.73. The van der Waals surface area contributed by atoms with E-state index in [9.17, 15) is 9.59 Å². The summed E-state index contributed by atoms with van der Waals surface area (Å²) >= 11 is 14.2. The van der Waals surface area contributed by atoms with E-state index in [1.165, 1.54) is 18.2 Å². The maximum atomic E-state index is 12.0. The van der Waals surface area contributed by atoms with E-state index in [-0.39, 0.29) is 21.6 Å². The predicted octanol–water partition coefficient (Wildman–Crippen LogP) is 3.93. The number of nitrogens with one attached hydrogen (secondary N) is 2. The highest BCUT2D eigenvalue weighted by atomic mass is 79.9. The highest BCUT2D eigenvalue weighted by Gasteiger charge is 2.11. The van der Waals surface area contributed by atoms with Crippen molar-refractivity contribution in [1.82, 2.24) is 5.32 Å². The summed E-state index contributed by atoms with van der Waals surface area (Å²) in [4.78, 5) is 22.9. The highest BCUT2D eigenvalue weighted by Crippen LogP contribution is 2.21. The highest BCUT2D eigenvalue weighted by molar-refractivity contribution is 9.10. The van der Waals surface area contributed by atoms with E-state index in [2.05, 4.69) is 26.6 Å². The van der Waals surface area contributed by atoms with Crippen molar-refractivity contribution >= 4 is 62.4 Å². The van der Waals surface area contributed by atoms with Gasteiger partial charge in [0.15, 0.2) is 5.11 Å². The Balaban J connectivity index is 2.03. The molecule has 5 nitrogen and oxygen atoms in total. The predicted molar refractivity (Wildman–Crippen MR) is 96.2 cm³/mol. The molecule has 0 saturated heterocycles. The van der Waals surface area contributed by atoms with E-state index >= 15 is 0 Å². The van der Waals surface area contributed by atoms with Crippen molar-refractivity contribution in [3.8, 4) is 0 Å². The Morgan fingerprint density at radius 3 is 2.52 bits per heavy atom. The number of hydrogen-bond donors (Lipinski definition) is 3. The maximum absolute atomic E-state index is 12.0. The largest absolute Gasteiger partial charge is 0.478 e. The molecular formula is C15H10BrClN2O3S. The van der Waals surface area contributed by atoms with Crippen molar-refractivity contribution in [3.05, 3.63) is 63.1 Å². The second-order valence-electron chi connectivity index (χ2n) is 4.42. The van der Waals surface area contributed by atoms with Crippen LogP contribution in [0, 0.1) is 0 Å². The monoisotopic (exact) mass is 412 g/mol. The number of halogens is 2. The molecule has 3 N–H and O–H groups in total. The molecule has 23 heavy (non-hydrogen) atoms. The zero-order valence-electron chi connectivity index (χ0n) is 11.5. The van der Waals surface area contributed by atoms with Gasteiger partial charge in [-0.1, -0.05) is 33.6 Å². The second-order valence-corrected chi connectivity index (χ2v) is 6.15. The van der Waals surface area contributed by atoms with Crippen LogP contribution in [0.5, 0.6) is 0 Å². The van der Waals surface area contributed by atoms with Crippen LogP contribution in [0.1, 0.15) is 20.7 Å². The van der Waals surface area contributed by atoms with Crippen LogP contribution in [-0.2, 0) is 0 Å². The van der Waals surface area contributed by atoms with E-state index in [0.717, 1.165) is 4.47 Å². The van der Waals surface area contributed by atoms with Crippen LogP contribution in [0.15, 0.2) is 46.9 Å². The average Bonchev–Trinajstić information content (AvgIpc) is 2.46. The van der Waals surface area contributed by atoms with Gasteiger partial charge in [0.25, 0.3) is 5.91 Å². The van der Waals surface area contributed by atoms with Crippen LogP contribution in [0.3, 0.4) is 0 Å². The SMILES string of the molecule is O=C(NC(=S)Nc1ccc(C(=O)O)c(Cl)c1)c1cccc(Br)c1. The zero-order valence-corrected chi connectivity index (χ0v) is 14.6. The number of anilines is 1. The van der Waals surface area contributed by atoms with E-state index < -0.39 is 5.97 Å². The molecule has 0 heterocycles. The third-order valence-electron chi connectivity index (χ3n) is 2.77. The molecule has 0 aliphatic carbocycles. The van der Waals surface area contributed by atoms with Gasteiger partial charge in [-0.3, -0.25) is 10.1 Å². The lowest BCUT2D eigenvalue weighted by Gasteiger charge is -2.10. The number of aromatic carboxylic acids is 1. The molecule has 0 bridgehead atoms. The second kappa shape index (κ2) is 7.54. The van der Waals surface area contributed by atoms with E-state index in [0.29, 0.717) is 11.3 Å². The molecule has 0 aromatic heterocycles. The Morgan fingerprint density at radius 2 is 1.91 bits per heavy atom. The van der Waals surface area contributed by atoms with Crippen molar-refractivity contribution in [1.29, 1.82) is 0 Å². The normalized spacial score (nSPS) is 10.0. The Bertz CT molecular complexity index is 798. The molecule has 0 aliphatic rings. The molecule has 0 atom stereocenters. The van der Waals surface area contributed by atoms with Crippen molar-refractivity contribution in [2.45, 2.75) is 0 Å². The van der Waals surface area contributed by atoms with Crippen molar-refractivity contribution < 1.29 is 14.7 Å². The first-order valence-corrected chi connectivity index (χ1v) is 7.85. The summed E-state index contributed by atoms with van der Waals surface area (Å²) in [5.74, 6) is -1.48. The van der Waals surface area contributed by atoms with Gasteiger partial charge >= 0.3 is 5.97 Å². The van der Waals surface area contributed by atoms with Crippen molar-refractivity contribution in [3.63, 3.8) is 0 Å². The number of rotatable bonds is 3. The summed E-state index contributed by atoms with van der Waals surface area (Å²) in [5.41, 5.74) is 0.906. The van der Waals surface area contributed by atoms with Gasteiger partial charge in [-0.15, -0.1) is 0 Å². The minimum absolute atomic E-state index is 0.0127. The van der Waals surface area contributed by atoms with E-state index in [1.807, 2.05) is 0 Å². The molecule has 0 unspecified atom stereocenters. The van der Waals surface area contributed by atoms with E-state index in [4.69, 9.17) is 28.9 Å². The Kier molecular flexibility index (Phi) is 5.70. The number of hydrogen-bond acceptors (Lipinski definition) is 3.